The monoisotopic (exact) mass is 387 g/mol. The van der Waals surface area contributed by atoms with E-state index in [4.69, 9.17) is 15.2 Å². The lowest BCUT2D eigenvalue weighted by Crippen LogP contribution is -2.21. The first-order chi connectivity index (χ1) is 14.0. The fraction of sp³-hybridized carbons (Fsp3) is 0.136. The van der Waals surface area contributed by atoms with Gasteiger partial charge in [0.15, 0.2) is 0 Å². The number of hydrogen-bond donors (Lipinski definition) is 2. The number of fused-ring (bicyclic) bond motifs is 3. The third kappa shape index (κ3) is 3.01. The number of esters is 1. The van der Waals surface area contributed by atoms with E-state index in [2.05, 4.69) is 11.1 Å². The minimum atomic E-state index is -0.607. The van der Waals surface area contributed by atoms with Crippen molar-refractivity contribution in [3.8, 4) is 17.6 Å². The van der Waals surface area contributed by atoms with Crippen LogP contribution in [0.15, 0.2) is 60.2 Å². The number of allylic oxidation sites excluding steroid dienone is 1. The van der Waals surface area contributed by atoms with E-state index in [1.807, 2.05) is 12.1 Å². The maximum Gasteiger partial charge on any atom is 0.341 e. The van der Waals surface area contributed by atoms with Gasteiger partial charge in [0.05, 0.1) is 12.5 Å². The molecule has 29 heavy (non-hydrogen) atoms. The molecule has 0 spiro atoms. The van der Waals surface area contributed by atoms with Gasteiger partial charge in [0.1, 0.15) is 28.7 Å². The lowest BCUT2D eigenvalue weighted by atomic mass is 9.83. The van der Waals surface area contributed by atoms with Crippen molar-refractivity contribution in [3.05, 3.63) is 76.9 Å². The highest BCUT2D eigenvalue weighted by atomic mass is 16.5. The van der Waals surface area contributed by atoms with Crippen LogP contribution in [0.3, 0.4) is 0 Å². The molecule has 4 rings (SSSR count). The normalized spacial score (nSPS) is 15.4. The molecule has 0 radical (unpaired) electrons. The van der Waals surface area contributed by atoms with E-state index in [9.17, 15) is 15.2 Å². The lowest BCUT2D eigenvalue weighted by molar-refractivity contribution is 0.0523. The Labute approximate surface area is 166 Å². The van der Waals surface area contributed by atoms with E-state index in [0.717, 1.165) is 11.1 Å². The van der Waals surface area contributed by atoms with E-state index in [1.165, 1.54) is 6.07 Å². The Kier molecular flexibility index (Phi) is 4.53. The zero-order chi connectivity index (χ0) is 20.5. The number of pyridine rings is 1. The molecule has 3 aromatic rings. The highest BCUT2D eigenvalue weighted by Gasteiger charge is 2.32. The molecule has 1 atom stereocenters. The Bertz CT molecular complexity index is 1200. The summed E-state index contributed by atoms with van der Waals surface area (Å²) in [5.74, 6) is -0.855. The molecule has 2 heterocycles. The number of carbonyl (C=O) groups excluding carboxylic acids is 1. The van der Waals surface area contributed by atoms with Gasteiger partial charge in [0.2, 0.25) is 5.88 Å². The Morgan fingerprint density at radius 3 is 2.90 bits per heavy atom. The van der Waals surface area contributed by atoms with Crippen molar-refractivity contribution < 1.29 is 19.4 Å². The van der Waals surface area contributed by atoms with Crippen LogP contribution in [0.1, 0.15) is 34.3 Å². The average molecular weight is 387 g/mol. The number of nitrogens with zero attached hydrogens (tertiary/aromatic N) is 2. The number of aromatic nitrogens is 1. The minimum absolute atomic E-state index is 0.00434. The Balaban J connectivity index is 1.94. The number of phenolic OH excluding ortho intramolecular Hbond substituents is 1. The topological polar surface area (TPSA) is 118 Å². The molecular formula is C22H17N3O4. The predicted molar refractivity (Wildman–Crippen MR) is 105 cm³/mol. The highest BCUT2D eigenvalue weighted by molar-refractivity contribution is 6.01. The molecule has 0 amide bonds. The fourth-order valence-electron chi connectivity index (χ4n) is 3.54. The molecule has 7 heteroatoms. The highest BCUT2D eigenvalue weighted by Crippen LogP contribution is 2.46. The number of nitriles is 1. The number of benzene rings is 2. The van der Waals surface area contributed by atoms with Gasteiger partial charge in [-0.25, -0.2) is 4.79 Å². The van der Waals surface area contributed by atoms with Crippen LogP contribution in [0, 0.1) is 11.3 Å². The van der Waals surface area contributed by atoms with Crippen LogP contribution in [0.25, 0.3) is 10.8 Å². The molecule has 0 saturated heterocycles. The van der Waals surface area contributed by atoms with Gasteiger partial charge in [-0.05, 0) is 36.1 Å². The standard InChI is InChI=1S/C22H17N3O4/c1-2-28-22(27)16-8-12-5-6-14-19(13-4-3-7-25-11-13)17(10-23)21(24)29-20(14)15(12)9-18(16)26/h3-9,11,19,26H,2,24H2,1H3. The van der Waals surface area contributed by atoms with Crippen LogP contribution in [-0.2, 0) is 4.74 Å². The quantitative estimate of drug-likeness (QED) is 0.662. The van der Waals surface area contributed by atoms with Crippen molar-refractivity contribution in [1.29, 1.82) is 5.26 Å². The maximum atomic E-state index is 12.1. The first-order valence-corrected chi connectivity index (χ1v) is 8.99. The molecule has 3 N–H and O–H groups in total. The Hall–Kier alpha value is -4.05. The average Bonchev–Trinajstić information content (AvgIpc) is 2.73. The summed E-state index contributed by atoms with van der Waals surface area (Å²) in [6.45, 7) is 1.90. The summed E-state index contributed by atoms with van der Waals surface area (Å²) in [6, 6.07) is 12.4. The molecule has 0 fully saturated rings. The molecule has 7 nitrogen and oxygen atoms in total. The number of phenols is 1. The van der Waals surface area contributed by atoms with Gasteiger partial charge in [-0.1, -0.05) is 18.2 Å². The number of rotatable bonds is 3. The second kappa shape index (κ2) is 7.17. The number of aromatic hydroxyl groups is 1. The van der Waals surface area contributed by atoms with Crippen LogP contribution in [0.2, 0.25) is 0 Å². The van der Waals surface area contributed by atoms with E-state index in [1.54, 1.807) is 37.5 Å². The summed E-state index contributed by atoms with van der Waals surface area (Å²) >= 11 is 0. The third-order valence-electron chi connectivity index (χ3n) is 4.83. The van der Waals surface area contributed by atoms with Crippen molar-refractivity contribution in [2.45, 2.75) is 12.8 Å². The van der Waals surface area contributed by atoms with E-state index < -0.39 is 11.9 Å². The van der Waals surface area contributed by atoms with Crippen molar-refractivity contribution in [2.75, 3.05) is 6.61 Å². The number of nitrogens with two attached hydrogens (primary N) is 1. The summed E-state index contributed by atoms with van der Waals surface area (Å²) in [5.41, 5.74) is 7.93. The predicted octanol–water partition coefficient (Wildman–Crippen LogP) is 3.34. The molecule has 2 aromatic carbocycles. The molecule has 1 unspecified atom stereocenters. The van der Waals surface area contributed by atoms with Crippen molar-refractivity contribution in [2.24, 2.45) is 5.73 Å². The lowest BCUT2D eigenvalue weighted by Gasteiger charge is -2.27. The van der Waals surface area contributed by atoms with Gasteiger partial charge < -0.3 is 20.3 Å². The van der Waals surface area contributed by atoms with Crippen LogP contribution < -0.4 is 10.5 Å². The number of hydrogen-bond acceptors (Lipinski definition) is 7. The fourth-order valence-corrected chi connectivity index (χ4v) is 3.54. The molecule has 0 bridgehead atoms. The number of ether oxygens (including phenoxy) is 2. The zero-order valence-electron chi connectivity index (χ0n) is 15.5. The van der Waals surface area contributed by atoms with Crippen LogP contribution in [0.4, 0.5) is 0 Å². The summed E-state index contributed by atoms with van der Waals surface area (Å²) in [6.07, 6.45) is 3.33. The van der Waals surface area contributed by atoms with E-state index >= 15 is 0 Å². The molecule has 0 saturated carbocycles. The van der Waals surface area contributed by atoms with Crippen molar-refractivity contribution in [3.63, 3.8) is 0 Å². The van der Waals surface area contributed by atoms with Crippen LogP contribution in [0.5, 0.6) is 11.5 Å². The second-order valence-electron chi connectivity index (χ2n) is 6.51. The molecular weight excluding hydrogens is 370 g/mol. The van der Waals surface area contributed by atoms with Gasteiger partial charge in [0.25, 0.3) is 0 Å². The van der Waals surface area contributed by atoms with Crippen LogP contribution in [-0.4, -0.2) is 22.7 Å². The largest absolute Gasteiger partial charge is 0.507 e. The molecule has 0 aliphatic carbocycles. The molecule has 1 aliphatic rings. The summed E-state index contributed by atoms with van der Waals surface area (Å²) in [7, 11) is 0. The first-order valence-electron chi connectivity index (χ1n) is 8.99. The van der Waals surface area contributed by atoms with E-state index in [0.29, 0.717) is 16.5 Å². The maximum absolute atomic E-state index is 12.1. The SMILES string of the molecule is CCOC(=O)c1cc2ccc3c(c2cc1O)OC(N)=C(C#N)C3c1cccnc1. The molecule has 1 aliphatic heterocycles. The zero-order valence-corrected chi connectivity index (χ0v) is 15.5. The smallest absolute Gasteiger partial charge is 0.341 e. The van der Waals surface area contributed by atoms with E-state index in [-0.39, 0.29) is 29.4 Å². The first kappa shape index (κ1) is 18.3. The Morgan fingerprint density at radius 2 is 2.21 bits per heavy atom. The molecule has 1 aromatic heterocycles. The summed E-state index contributed by atoms with van der Waals surface area (Å²) < 4.78 is 10.8. The van der Waals surface area contributed by atoms with Crippen molar-refractivity contribution in [1.82, 2.24) is 4.98 Å². The van der Waals surface area contributed by atoms with Gasteiger partial charge in [-0.15, -0.1) is 0 Å². The molecule has 144 valence electrons. The Morgan fingerprint density at radius 1 is 1.38 bits per heavy atom. The third-order valence-corrected chi connectivity index (χ3v) is 4.83. The van der Waals surface area contributed by atoms with Crippen LogP contribution >= 0.6 is 0 Å². The minimum Gasteiger partial charge on any atom is -0.507 e. The van der Waals surface area contributed by atoms with Gasteiger partial charge in [0, 0.05) is 23.3 Å². The summed E-state index contributed by atoms with van der Waals surface area (Å²) in [5, 5.41) is 21.3. The number of carbonyl (C=O) groups is 1. The summed E-state index contributed by atoms with van der Waals surface area (Å²) in [4.78, 5) is 16.2. The van der Waals surface area contributed by atoms with Gasteiger partial charge in [-0.2, -0.15) is 5.26 Å². The van der Waals surface area contributed by atoms with Gasteiger partial charge in [-0.3, -0.25) is 4.98 Å². The van der Waals surface area contributed by atoms with Crippen molar-refractivity contribution >= 4 is 16.7 Å². The van der Waals surface area contributed by atoms with Gasteiger partial charge >= 0.3 is 5.97 Å². The second-order valence-corrected chi connectivity index (χ2v) is 6.51.